The van der Waals surface area contributed by atoms with Gasteiger partial charge in [-0.25, -0.2) is 4.68 Å². The van der Waals surface area contributed by atoms with Crippen LogP contribution in [0.5, 0.6) is 0 Å². The number of nitrogens with two attached hydrogens (primary N) is 1. The van der Waals surface area contributed by atoms with Gasteiger partial charge < -0.3 is 15.7 Å². The molecule has 0 spiro atoms. The van der Waals surface area contributed by atoms with Crippen LogP contribution < -0.4 is 5.73 Å². The summed E-state index contributed by atoms with van der Waals surface area (Å²) in [4.78, 5) is 13.5. The fourth-order valence-electron chi connectivity index (χ4n) is 1.90. The van der Waals surface area contributed by atoms with Gasteiger partial charge in [0.05, 0.1) is 25.0 Å². The Morgan fingerprint density at radius 1 is 1.61 bits per heavy atom. The lowest BCUT2D eigenvalue weighted by atomic mass is 9.83. The minimum absolute atomic E-state index is 0.0613. The van der Waals surface area contributed by atoms with Crippen LogP contribution in [0.3, 0.4) is 0 Å². The lowest BCUT2D eigenvalue weighted by Crippen LogP contribution is -2.66. The molecule has 1 amide bonds. The summed E-state index contributed by atoms with van der Waals surface area (Å²) in [5.41, 5.74) is 5.34. The summed E-state index contributed by atoms with van der Waals surface area (Å²) < 4.78 is 1.47. The third-order valence-corrected chi connectivity index (χ3v) is 3.45. The first-order chi connectivity index (χ1) is 8.44. The van der Waals surface area contributed by atoms with Crippen LogP contribution in [0, 0.1) is 5.92 Å². The Hall–Kier alpha value is -1.47. The number of hydrogen-bond donors (Lipinski definition) is 2. The van der Waals surface area contributed by atoms with E-state index in [1.165, 1.54) is 4.68 Å². The highest BCUT2D eigenvalue weighted by atomic mass is 16.3. The van der Waals surface area contributed by atoms with E-state index in [1.807, 2.05) is 13.8 Å². The number of rotatable bonds is 4. The zero-order valence-electron chi connectivity index (χ0n) is 10.7. The normalized spacial score (nSPS) is 17.9. The molecule has 2 rings (SSSR count). The van der Waals surface area contributed by atoms with Crippen molar-refractivity contribution in [3.63, 3.8) is 0 Å². The monoisotopic (exact) mass is 253 g/mol. The molecule has 1 aromatic heterocycles. The van der Waals surface area contributed by atoms with E-state index in [4.69, 9.17) is 5.73 Å². The number of carbonyl (C=O) groups is 1. The van der Waals surface area contributed by atoms with E-state index in [0.29, 0.717) is 25.3 Å². The number of nitrogens with zero attached hydrogens (tertiary/aromatic N) is 4. The van der Waals surface area contributed by atoms with Gasteiger partial charge in [0.25, 0.3) is 0 Å². The van der Waals surface area contributed by atoms with Crippen LogP contribution in [0.4, 0.5) is 0 Å². The Kier molecular flexibility index (Phi) is 3.36. The van der Waals surface area contributed by atoms with E-state index in [9.17, 15) is 9.90 Å². The molecular weight excluding hydrogens is 234 g/mol. The van der Waals surface area contributed by atoms with Crippen molar-refractivity contribution >= 4 is 5.91 Å². The van der Waals surface area contributed by atoms with E-state index < -0.39 is 5.60 Å². The summed E-state index contributed by atoms with van der Waals surface area (Å²) in [6.45, 7) is 5.13. The molecule has 1 saturated heterocycles. The number of aliphatic hydroxyl groups is 1. The van der Waals surface area contributed by atoms with Crippen LogP contribution in [-0.4, -0.2) is 49.6 Å². The molecule has 1 aromatic rings. The minimum Gasteiger partial charge on any atom is -0.386 e. The Morgan fingerprint density at radius 3 is 2.78 bits per heavy atom. The zero-order valence-corrected chi connectivity index (χ0v) is 10.7. The van der Waals surface area contributed by atoms with Gasteiger partial charge in [-0.2, -0.15) is 0 Å². The van der Waals surface area contributed by atoms with E-state index in [2.05, 4.69) is 10.3 Å². The SMILES string of the molecule is CC(C)C1(O)CN(C(=O)Cn2cc(CN)nn2)C1. The number of β-amino-alcohol motifs (C(OH)–C–C–N with tert-alkyl or cyclic N) is 1. The summed E-state index contributed by atoms with van der Waals surface area (Å²) >= 11 is 0. The Labute approximate surface area is 106 Å². The summed E-state index contributed by atoms with van der Waals surface area (Å²) in [6.07, 6.45) is 1.66. The average molecular weight is 253 g/mol. The fraction of sp³-hybridized carbons (Fsp3) is 0.727. The van der Waals surface area contributed by atoms with E-state index in [0.717, 1.165) is 0 Å². The van der Waals surface area contributed by atoms with Crippen molar-refractivity contribution in [2.45, 2.75) is 32.5 Å². The van der Waals surface area contributed by atoms with Crippen molar-refractivity contribution < 1.29 is 9.90 Å². The molecule has 1 aliphatic rings. The second-order valence-electron chi connectivity index (χ2n) is 5.12. The number of likely N-dealkylation sites (tertiary alicyclic amines) is 1. The van der Waals surface area contributed by atoms with Crippen LogP contribution >= 0.6 is 0 Å². The standard InChI is InChI=1S/C11H19N5O2/c1-8(2)11(18)6-15(7-11)10(17)5-16-4-9(3-12)13-14-16/h4,8,18H,3,5-7,12H2,1-2H3. The molecule has 7 nitrogen and oxygen atoms in total. The van der Waals surface area contributed by atoms with Gasteiger partial charge in [0, 0.05) is 6.54 Å². The molecule has 1 fully saturated rings. The van der Waals surface area contributed by atoms with Gasteiger partial charge in [-0.05, 0) is 5.92 Å². The molecular formula is C11H19N5O2. The minimum atomic E-state index is -0.736. The molecule has 0 unspecified atom stereocenters. The highest BCUT2D eigenvalue weighted by molar-refractivity contribution is 5.77. The highest BCUT2D eigenvalue weighted by Gasteiger charge is 2.45. The molecule has 0 atom stereocenters. The fourth-order valence-corrected chi connectivity index (χ4v) is 1.90. The Bertz CT molecular complexity index is 436. The number of amides is 1. The predicted octanol–water partition coefficient (Wildman–Crippen LogP) is -1.03. The summed E-state index contributed by atoms with van der Waals surface area (Å²) in [7, 11) is 0. The molecule has 0 radical (unpaired) electrons. The average Bonchev–Trinajstić information content (AvgIpc) is 2.72. The Balaban J connectivity index is 1.87. The van der Waals surface area contributed by atoms with Gasteiger partial charge in [0.1, 0.15) is 12.1 Å². The molecule has 1 aliphatic heterocycles. The van der Waals surface area contributed by atoms with Gasteiger partial charge in [-0.1, -0.05) is 19.1 Å². The lowest BCUT2D eigenvalue weighted by Gasteiger charge is -2.49. The van der Waals surface area contributed by atoms with Gasteiger partial charge in [0.15, 0.2) is 0 Å². The molecule has 18 heavy (non-hydrogen) atoms. The topological polar surface area (TPSA) is 97.3 Å². The first kappa shape index (κ1) is 13.0. The van der Waals surface area contributed by atoms with Crippen molar-refractivity contribution in [1.82, 2.24) is 19.9 Å². The number of carbonyl (C=O) groups excluding carboxylic acids is 1. The maximum atomic E-state index is 11.9. The molecule has 3 N–H and O–H groups in total. The largest absolute Gasteiger partial charge is 0.386 e. The molecule has 100 valence electrons. The first-order valence-electron chi connectivity index (χ1n) is 6.04. The van der Waals surface area contributed by atoms with Crippen molar-refractivity contribution in [2.24, 2.45) is 11.7 Å². The molecule has 0 saturated carbocycles. The first-order valence-corrected chi connectivity index (χ1v) is 6.04. The summed E-state index contributed by atoms with van der Waals surface area (Å²) in [5.74, 6) is 0.0885. The highest BCUT2D eigenvalue weighted by Crippen LogP contribution is 2.28. The van der Waals surface area contributed by atoms with E-state index in [1.54, 1.807) is 11.1 Å². The van der Waals surface area contributed by atoms with Crippen LogP contribution in [-0.2, 0) is 17.9 Å². The van der Waals surface area contributed by atoms with Crippen molar-refractivity contribution in [1.29, 1.82) is 0 Å². The maximum Gasteiger partial charge on any atom is 0.244 e. The summed E-state index contributed by atoms with van der Waals surface area (Å²) in [5, 5.41) is 17.7. The second kappa shape index (κ2) is 4.66. The van der Waals surface area contributed by atoms with Gasteiger partial charge in [-0.3, -0.25) is 4.79 Å². The quantitative estimate of drug-likeness (QED) is 0.715. The maximum absolute atomic E-state index is 11.9. The molecule has 7 heteroatoms. The molecule has 0 bridgehead atoms. The smallest absolute Gasteiger partial charge is 0.244 e. The number of aromatic nitrogens is 3. The Morgan fingerprint density at radius 2 is 2.28 bits per heavy atom. The van der Waals surface area contributed by atoms with Crippen LogP contribution in [0.15, 0.2) is 6.20 Å². The molecule has 2 heterocycles. The number of hydrogen-bond acceptors (Lipinski definition) is 5. The lowest BCUT2D eigenvalue weighted by molar-refractivity contribution is -0.164. The third-order valence-electron chi connectivity index (χ3n) is 3.45. The van der Waals surface area contributed by atoms with Crippen LogP contribution in [0.1, 0.15) is 19.5 Å². The summed E-state index contributed by atoms with van der Waals surface area (Å²) in [6, 6.07) is 0. The van der Waals surface area contributed by atoms with Crippen molar-refractivity contribution in [3.05, 3.63) is 11.9 Å². The molecule has 0 aliphatic carbocycles. The van der Waals surface area contributed by atoms with Gasteiger partial charge >= 0.3 is 0 Å². The van der Waals surface area contributed by atoms with Gasteiger partial charge in [-0.15, -0.1) is 5.10 Å². The van der Waals surface area contributed by atoms with Crippen molar-refractivity contribution in [2.75, 3.05) is 13.1 Å². The zero-order chi connectivity index (χ0) is 13.3. The van der Waals surface area contributed by atoms with Gasteiger partial charge in [0.2, 0.25) is 5.91 Å². The second-order valence-corrected chi connectivity index (χ2v) is 5.12. The van der Waals surface area contributed by atoms with Crippen molar-refractivity contribution in [3.8, 4) is 0 Å². The molecule has 0 aromatic carbocycles. The van der Waals surface area contributed by atoms with Crippen LogP contribution in [0.25, 0.3) is 0 Å². The van der Waals surface area contributed by atoms with Crippen LogP contribution in [0.2, 0.25) is 0 Å². The van der Waals surface area contributed by atoms with E-state index in [-0.39, 0.29) is 18.4 Å². The third kappa shape index (κ3) is 2.37. The predicted molar refractivity (Wildman–Crippen MR) is 64.3 cm³/mol. The van der Waals surface area contributed by atoms with E-state index >= 15 is 0 Å².